The number of hydrogen-bond acceptors (Lipinski definition) is 7. The first-order valence-electron chi connectivity index (χ1n) is 20.6. The van der Waals surface area contributed by atoms with Crippen LogP contribution in [0.25, 0.3) is 0 Å². The molecule has 1 aliphatic rings. The van der Waals surface area contributed by atoms with Crippen molar-refractivity contribution in [2.45, 2.75) is 122 Å². The Balaban J connectivity index is 1.78. The number of ether oxygens (including phenoxy) is 1. The summed E-state index contributed by atoms with van der Waals surface area (Å²) in [6.45, 7) is 13.8. The van der Waals surface area contributed by atoms with E-state index in [2.05, 4.69) is 43.4 Å². The van der Waals surface area contributed by atoms with E-state index in [1.807, 2.05) is 99.1 Å². The van der Waals surface area contributed by atoms with Crippen molar-refractivity contribution in [3.63, 3.8) is 0 Å². The van der Waals surface area contributed by atoms with Gasteiger partial charge >= 0.3 is 0 Å². The number of methoxy groups -OCH3 is 1. The molecule has 0 aliphatic carbocycles. The Morgan fingerprint density at radius 3 is 2.02 bits per heavy atom. The van der Waals surface area contributed by atoms with Crippen molar-refractivity contribution in [1.29, 1.82) is 0 Å². The van der Waals surface area contributed by atoms with Gasteiger partial charge in [-0.3, -0.25) is 24.1 Å². The van der Waals surface area contributed by atoms with E-state index in [0.29, 0.717) is 26.1 Å². The maximum atomic E-state index is 14.3. The van der Waals surface area contributed by atoms with Gasteiger partial charge in [-0.25, -0.2) is 0 Å². The summed E-state index contributed by atoms with van der Waals surface area (Å²) in [5.74, 6) is -0.368. The molecule has 4 amide bonds. The van der Waals surface area contributed by atoms with Gasteiger partial charge in [0.2, 0.25) is 23.6 Å². The molecular weight excluding hydrogens is 723 g/mol. The molecule has 1 N–H and O–H groups in total. The lowest BCUT2D eigenvalue weighted by molar-refractivity contribution is -0.146. The number of thioether (sulfide) groups is 1. The monoisotopic (exact) mass is 794 g/mol. The third-order valence-corrected chi connectivity index (χ3v) is 12.7. The van der Waals surface area contributed by atoms with Crippen LogP contribution in [0.4, 0.5) is 0 Å². The number of nitrogens with one attached hydrogen (secondary N) is 1. The lowest BCUT2D eigenvalue weighted by Gasteiger charge is -2.41. The maximum Gasteiger partial charge on any atom is 0.245 e. The number of nitrogens with zero attached hydrogens (tertiary/aromatic N) is 4. The Hall–Kier alpha value is -3.41. The number of likely N-dealkylation sites (tertiary alicyclic amines) is 1. The molecule has 1 fully saturated rings. The first-order chi connectivity index (χ1) is 26.6. The highest BCUT2D eigenvalue weighted by Crippen LogP contribution is 2.32. The predicted molar refractivity (Wildman–Crippen MR) is 229 cm³/mol. The van der Waals surface area contributed by atoms with Gasteiger partial charge in [0.05, 0.1) is 24.6 Å². The molecule has 10 nitrogen and oxygen atoms in total. The van der Waals surface area contributed by atoms with Crippen LogP contribution in [0.3, 0.4) is 0 Å². The van der Waals surface area contributed by atoms with E-state index in [0.717, 1.165) is 31.2 Å². The van der Waals surface area contributed by atoms with Gasteiger partial charge in [0.15, 0.2) is 0 Å². The van der Waals surface area contributed by atoms with E-state index in [-0.39, 0.29) is 65.1 Å². The first kappa shape index (κ1) is 47.0. The number of likely N-dealkylation sites (N-methyl/N-ethyl adjacent to an activating group) is 2. The van der Waals surface area contributed by atoms with Crippen LogP contribution in [-0.2, 0) is 36.9 Å². The Morgan fingerprint density at radius 2 is 1.50 bits per heavy atom. The first-order valence-corrected chi connectivity index (χ1v) is 21.9. The van der Waals surface area contributed by atoms with E-state index < -0.39 is 18.2 Å². The zero-order valence-corrected chi connectivity index (χ0v) is 36.9. The van der Waals surface area contributed by atoms with E-state index in [1.165, 1.54) is 5.56 Å². The molecule has 0 spiro atoms. The zero-order valence-electron chi connectivity index (χ0n) is 36.1. The molecule has 7 unspecified atom stereocenters. The molecule has 2 aromatic carbocycles. The average molecular weight is 794 g/mol. The number of amides is 4. The minimum absolute atomic E-state index is 0.0211. The van der Waals surface area contributed by atoms with Gasteiger partial charge in [0, 0.05) is 51.5 Å². The molecule has 7 atom stereocenters. The second kappa shape index (κ2) is 23.1. The van der Waals surface area contributed by atoms with Gasteiger partial charge in [-0.2, -0.15) is 11.8 Å². The number of rotatable bonds is 22. The topological polar surface area (TPSA) is 103 Å². The quantitative estimate of drug-likeness (QED) is 0.148. The summed E-state index contributed by atoms with van der Waals surface area (Å²) in [4.78, 5) is 63.8. The van der Waals surface area contributed by atoms with Crippen molar-refractivity contribution in [1.82, 2.24) is 24.9 Å². The Labute approximate surface area is 342 Å². The van der Waals surface area contributed by atoms with Crippen molar-refractivity contribution in [2.24, 2.45) is 17.8 Å². The molecule has 312 valence electrons. The summed E-state index contributed by atoms with van der Waals surface area (Å²) in [5, 5.41) is 3.01. The fourth-order valence-electron chi connectivity index (χ4n) is 8.29. The minimum Gasteiger partial charge on any atom is -0.379 e. The standard InChI is InChI=1S/C45H71N5O5S/c1-12-33(6)43(48(9)45(54)41(31(2)3)46-44(53)42(32(4)5)47(7)8)37(55-10)28-40(52)50-26-19-24-36(50)38(56-11)29-39(51)49(30-35-22-17-14-18-23-35)27-25-34-20-15-13-16-21-34/h13-18,20-23,31-33,36-38,41-43H,12,19,24-30H2,1-11H3,(H,46,53). The number of hydrogen-bond donors (Lipinski definition) is 1. The molecule has 0 aromatic heterocycles. The summed E-state index contributed by atoms with van der Waals surface area (Å²) in [7, 11) is 7.13. The van der Waals surface area contributed by atoms with E-state index >= 15 is 0 Å². The van der Waals surface area contributed by atoms with Crippen LogP contribution in [0.5, 0.6) is 0 Å². The molecule has 0 saturated carbocycles. The molecule has 0 bridgehead atoms. The Kier molecular flexibility index (Phi) is 19.4. The number of carbonyl (C=O) groups excluding carboxylic acids is 4. The molecule has 2 aromatic rings. The van der Waals surface area contributed by atoms with Crippen LogP contribution in [0.15, 0.2) is 60.7 Å². The fourth-order valence-corrected chi connectivity index (χ4v) is 9.20. The second-order valence-corrected chi connectivity index (χ2v) is 17.6. The normalized spacial score (nSPS) is 17.7. The van der Waals surface area contributed by atoms with Crippen LogP contribution >= 0.6 is 11.8 Å². The Bertz CT molecular complexity index is 1500. The second-order valence-electron chi connectivity index (χ2n) is 16.5. The minimum atomic E-state index is -0.731. The van der Waals surface area contributed by atoms with Gasteiger partial charge in [-0.15, -0.1) is 0 Å². The van der Waals surface area contributed by atoms with Gasteiger partial charge in [-0.05, 0) is 68.5 Å². The van der Waals surface area contributed by atoms with Gasteiger partial charge < -0.3 is 24.8 Å². The summed E-state index contributed by atoms with van der Waals surface area (Å²) in [5.41, 5.74) is 2.28. The van der Waals surface area contributed by atoms with E-state index in [9.17, 15) is 19.2 Å². The molecule has 11 heteroatoms. The van der Waals surface area contributed by atoms with Gasteiger partial charge in [0.25, 0.3) is 0 Å². The zero-order chi connectivity index (χ0) is 41.5. The summed E-state index contributed by atoms with van der Waals surface area (Å²) < 4.78 is 6.10. The lowest BCUT2D eigenvalue weighted by Crippen LogP contribution is -2.59. The summed E-state index contributed by atoms with van der Waals surface area (Å²) in [6.07, 6.45) is 5.17. The average Bonchev–Trinajstić information content (AvgIpc) is 3.67. The summed E-state index contributed by atoms with van der Waals surface area (Å²) in [6, 6.07) is 18.8. The number of carbonyl (C=O) groups is 4. The SMILES string of the molecule is CCC(C)C(C(CC(=O)N1CCCC1C(CC(=O)N(CCc1ccccc1)Cc1ccccc1)SC)OC)N(C)C(=O)C(NC(=O)C(C(C)C)N(C)C)C(C)C. The summed E-state index contributed by atoms with van der Waals surface area (Å²) >= 11 is 1.66. The van der Waals surface area contributed by atoms with Crippen LogP contribution < -0.4 is 5.32 Å². The van der Waals surface area contributed by atoms with Gasteiger partial charge in [0.1, 0.15) is 6.04 Å². The third kappa shape index (κ3) is 13.1. The van der Waals surface area contributed by atoms with Crippen molar-refractivity contribution in [2.75, 3.05) is 47.6 Å². The largest absolute Gasteiger partial charge is 0.379 e. The van der Waals surface area contributed by atoms with Crippen LogP contribution in [0, 0.1) is 17.8 Å². The molecule has 0 radical (unpaired) electrons. The van der Waals surface area contributed by atoms with E-state index in [1.54, 1.807) is 30.8 Å². The Morgan fingerprint density at radius 1 is 0.893 bits per heavy atom. The van der Waals surface area contributed by atoms with Gasteiger partial charge in [-0.1, -0.05) is 109 Å². The van der Waals surface area contributed by atoms with Crippen molar-refractivity contribution in [3.8, 4) is 0 Å². The predicted octanol–water partition coefficient (Wildman–Crippen LogP) is 6.38. The van der Waals surface area contributed by atoms with Crippen molar-refractivity contribution < 1.29 is 23.9 Å². The molecule has 3 rings (SSSR count). The van der Waals surface area contributed by atoms with Crippen LogP contribution in [0.1, 0.15) is 84.8 Å². The van der Waals surface area contributed by atoms with Crippen LogP contribution in [0.2, 0.25) is 0 Å². The fraction of sp³-hybridized carbons (Fsp3) is 0.644. The number of benzene rings is 2. The highest BCUT2D eigenvalue weighted by molar-refractivity contribution is 7.99. The molecule has 1 aliphatic heterocycles. The van der Waals surface area contributed by atoms with Crippen LogP contribution in [-0.4, -0.2) is 126 Å². The van der Waals surface area contributed by atoms with Crippen molar-refractivity contribution >= 4 is 35.4 Å². The molecule has 56 heavy (non-hydrogen) atoms. The van der Waals surface area contributed by atoms with E-state index in [4.69, 9.17) is 4.74 Å². The molecular formula is C45H71N5O5S. The highest BCUT2D eigenvalue weighted by Gasteiger charge is 2.41. The lowest BCUT2D eigenvalue weighted by atomic mass is 9.89. The highest BCUT2D eigenvalue weighted by atomic mass is 32.2. The molecule has 1 saturated heterocycles. The molecule has 1 heterocycles. The van der Waals surface area contributed by atoms with Crippen molar-refractivity contribution in [3.05, 3.63) is 71.8 Å². The maximum absolute atomic E-state index is 14.3. The third-order valence-electron chi connectivity index (χ3n) is 11.6. The smallest absolute Gasteiger partial charge is 0.245 e.